The quantitative estimate of drug-likeness (QED) is 0.735. The fraction of sp³-hybridized carbons (Fsp3) is 0.529. The molecular formula is C17H23Cl2N3O3. The van der Waals surface area contributed by atoms with Crippen LogP contribution >= 0.6 is 23.2 Å². The third kappa shape index (κ3) is 5.31. The zero-order valence-electron chi connectivity index (χ0n) is 14.4. The molecule has 1 saturated heterocycles. The zero-order valence-corrected chi connectivity index (χ0v) is 15.9. The van der Waals surface area contributed by atoms with Crippen molar-refractivity contribution < 1.29 is 14.3 Å². The maximum Gasteiger partial charge on any atom is 0.239 e. The Morgan fingerprint density at radius 1 is 1.20 bits per heavy atom. The van der Waals surface area contributed by atoms with Gasteiger partial charge >= 0.3 is 0 Å². The Bertz CT molecular complexity index is 632. The van der Waals surface area contributed by atoms with E-state index in [0.29, 0.717) is 30.5 Å². The molecule has 0 aliphatic carbocycles. The first kappa shape index (κ1) is 20.0. The second-order valence-electron chi connectivity index (χ2n) is 6.39. The molecule has 1 heterocycles. The minimum absolute atomic E-state index is 0.251. The van der Waals surface area contributed by atoms with Gasteiger partial charge in [-0.3, -0.25) is 14.5 Å². The molecule has 0 unspecified atom stereocenters. The van der Waals surface area contributed by atoms with E-state index in [4.69, 9.17) is 27.9 Å². The third-order valence-corrected chi connectivity index (χ3v) is 4.97. The molecule has 1 fully saturated rings. The van der Waals surface area contributed by atoms with Crippen LogP contribution in [0.4, 0.5) is 5.69 Å². The van der Waals surface area contributed by atoms with E-state index >= 15 is 0 Å². The summed E-state index contributed by atoms with van der Waals surface area (Å²) in [6.45, 7) is 7.49. The van der Waals surface area contributed by atoms with E-state index in [9.17, 15) is 9.59 Å². The van der Waals surface area contributed by atoms with Gasteiger partial charge in [0.2, 0.25) is 11.8 Å². The molecule has 0 atom stereocenters. The number of anilines is 1. The Balaban J connectivity index is 1.88. The lowest BCUT2D eigenvalue weighted by Gasteiger charge is -2.27. The van der Waals surface area contributed by atoms with Crippen molar-refractivity contribution in [3.05, 3.63) is 28.2 Å². The van der Waals surface area contributed by atoms with Gasteiger partial charge in [0, 0.05) is 26.2 Å². The second kappa shape index (κ2) is 8.85. The number of nitrogens with zero attached hydrogens (tertiary/aromatic N) is 1. The van der Waals surface area contributed by atoms with Gasteiger partial charge in [0.1, 0.15) is 5.41 Å². The topological polar surface area (TPSA) is 70.7 Å². The molecular weight excluding hydrogens is 365 g/mol. The Morgan fingerprint density at radius 3 is 2.56 bits per heavy atom. The van der Waals surface area contributed by atoms with Crippen LogP contribution in [-0.2, 0) is 14.3 Å². The van der Waals surface area contributed by atoms with Gasteiger partial charge in [-0.2, -0.15) is 0 Å². The summed E-state index contributed by atoms with van der Waals surface area (Å²) in [5, 5.41) is 6.08. The van der Waals surface area contributed by atoms with Crippen LogP contribution in [0.25, 0.3) is 0 Å². The summed E-state index contributed by atoms with van der Waals surface area (Å²) >= 11 is 12.0. The number of hydrogen-bond donors (Lipinski definition) is 2. The maximum absolute atomic E-state index is 12.5. The molecule has 1 aliphatic heterocycles. The molecule has 25 heavy (non-hydrogen) atoms. The number of hydrogen-bond acceptors (Lipinski definition) is 4. The summed E-state index contributed by atoms with van der Waals surface area (Å²) in [6, 6.07) is 4.95. The number of morpholine rings is 1. The molecule has 0 saturated carbocycles. The minimum atomic E-state index is -1.24. The molecule has 1 aromatic carbocycles. The normalized spacial score (nSPS) is 15.7. The summed E-state index contributed by atoms with van der Waals surface area (Å²) in [5.74, 6) is -0.781. The van der Waals surface area contributed by atoms with Crippen molar-refractivity contribution in [3.8, 4) is 0 Å². The van der Waals surface area contributed by atoms with Crippen LogP contribution in [0.1, 0.15) is 13.8 Å². The van der Waals surface area contributed by atoms with Crippen molar-refractivity contribution in [1.29, 1.82) is 0 Å². The molecule has 2 rings (SSSR count). The standard InChI is InChI=1S/C17H23Cl2N3O3/c1-17(2,15(23)20-6-7-22-8-10-25-11-9-22)16(24)21-13-5-3-4-12(18)14(13)19/h3-5H,6-11H2,1-2H3,(H,20,23)(H,21,24). The van der Waals surface area contributed by atoms with Crippen molar-refractivity contribution in [2.24, 2.45) is 5.41 Å². The van der Waals surface area contributed by atoms with Crippen LogP contribution in [0.2, 0.25) is 10.0 Å². The largest absolute Gasteiger partial charge is 0.379 e. The highest BCUT2D eigenvalue weighted by molar-refractivity contribution is 6.44. The molecule has 1 aromatic rings. The Kier molecular flexibility index (Phi) is 7.07. The average Bonchev–Trinajstić information content (AvgIpc) is 2.59. The van der Waals surface area contributed by atoms with Crippen molar-refractivity contribution in [1.82, 2.24) is 10.2 Å². The van der Waals surface area contributed by atoms with Gasteiger partial charge in [0.05, 0.1) is 28.9 Å². The first-order chi connectivity index (χ1) is 11.8. The molecule has 8 heteroatoms. The Morgan fingerprint density at radius 2 is 1.88 bits per heavy atom. The van der Waals surface area contributed by atoms with E-state index in [1.165, 1.54) is 0 Å². The molecule has 138 valence electrons. The predicted molar refractivity (Wildman–Crippen MR) is 99.1 cm³/mol. The van der Waals surface area contributed by atoms with Crippen LogP contribution in [0.15, 0.2) is 18.2 Å². The lowest BCUT2D eigenvalue weighted by atomic mass is 9.91. The predicted octanol–water partition coefficient (Wildman–Crippen LogP) is 2.41. The highest BCUT2D eigenvalue weighted by atomic mass is 35.5. The molecule has 1 aliphatic rings. The fourth-order valence-corrected chi connectivity index (χ4v) is 2.70. The van der Waals surface area contributed by atoms with Crippen molar-refractivity contribution in [2.75, 3.05) is 44.7 Å². The number of amides is 2. The summed E-state index contributed by atoms with van der Waals surface area (Å²) in [7, 11) is 0. The lowest BCUT2D eigenvalue weighted by Crippen LogP contribution is -2.48. The number of halogens is 2. The summed E-state index contributed by atoms with van der Waals surface area (Å²) in [4.78, 5) is 27.1. The number of benzene rings is 1. The molecule has 0 bridgehead atoms. The van der Waals surface area contributed by atoms with E-state index in [-0.39, 0.29) is 10.9 Å². The van der Waals surface area contributed by atoms with Gasteiger partial charge in [-0.1, -0.05) is 29.3 Å². The maximum atomic E-state index is 12.5. The molecule has 0 spiro atoms. The summed E-state index contributed by atoms with van der Waals surface area (Å²) in [5.41, 5.74) is -0.857. The van der Waals surface area contributed by atoms with E-state index < -0.39 is 11.3 Å². The van der Waals surface area contributed by atoms with E-state index in [1.54, 1.807) is 32.0 Å². The fourth-order valence-electron chi connectivity index (χ4n) is 2.36. The first-order valence-corrected chi connectivity index (χ1v) is 8.92. The van der Waals surface area contributed by atoms with E-state index in [2.05, 4.69) is 15.5 Å². The SMILES string of the molecule is CC(C)(C(=O)NCCN1CCOCC1)C(=O)Nc1cccc(Cl)c1Cl. The minimum Gasteiger partial charge on any atom is -0.379 e. The lowest BCUT2D eigenvalue weighted by molar-refractivity contribution is -0.138. The first-order valence-electron chi connectivity index (χ1n) is 8.16. The van der Waals surface area contributed by atoms with Crippen molar-refractivity contribution in [3.63, 3.8) is 0 Å². The zero-order chi connectivity index (χ0) is 18.4. The van der Waals surface area contributed by atoms with Gasteiger partial charge in [0.25, 0.3) is 0 Å². The third-order valence-electron chi connectivity index (χ3n) is 4.15. The molecule has 0 radical (unpaired) electrons. The van der Waals surface area contributed by atoms with Gasteiger partial charge in [-0.25, -0.2) is 0 Å². The Labute approximate surface area is 157 Å². The van der Waals surface area contributed by atoms with Crippen LogP contribution < -0.4 is 10.6 Å². The summed E-state index contributed by atoms with van der Waals surface area (Å²) in [6.07, 6.45) is 0. The van der Waals surface area contributed by atoms with Crippen molar-refractivity contribution in [2.45, 2.75) is 13.8 Å². The monoisotopic (exact) mass is 387 g/mol. The number of nitrogens with one attached hydrogen (secondary N) is 2. The van der Waals surface area contributed by atoms with Crippen molar-refractivity contribution >= 4 is 40.7 Å². The highest BCUT2D eigenvalue weighted by Crippen LogP contribution is 2.30. The van der Waals surface area contributed by atoms with Gasteiger partial charge < -0.3 is 15.4 Å². The molecule has 6 nitrogen and oxygen atoms in total. The van der Waals surface area contributed by atoms with Crippen LogP contribution in [0, 0.1) is 5.41 Å². The van der Waals surface area contributed by atoms with E-state index in [1.807, 2.05) is 0 Å². The average molecular weight is 388 g/mol. The molecule has 2 N–H and O–H groups in total. The van der Waals surface area contributed by atoms with Gasteiger partial charge in [-0.15, -0.1) is 0 Å². The van der Waals surface area contributed by atoms with Crippen LogP contribution in [0.5, 0.6) is 0 Å². The molecule has 2 amide bonds. The van der Waals surface area contributed by atoms with E-state index in [0.717, 1.165) is 19.6 Å². The highest BCUT2D eigenvalue weighted by Gasteiger charge is 2.36. The number of ether oxygens (including phenoxy) is 1. The smallest absolute Gasteiger partial charge is 0.239 e. The van der Waals surface area contributed by atoms with Crippen LogP contribution in [0.3, 0.4) is 0 Å². The number of rotatable bonds is 6. The Hall–Kier alpha value is -1.34. The van der Waals surface area contributed by atoms with Gasteiger partial charge in [0.15, 0.2) is 0 Å². The number of carbonyl (C=O) groups is 2. The van der Waals surface area contributed by atoms with Gasteiger partial charge in [-0.05, 0) is 26.0 Å². The molecule has 0 aromatic heterocycles. The van der Waals surface area contributed by atoms with Crippen LogP contribution in [-0.4, -0.2) is 56.1 Å². The summed E-state index contributed by atoms with van der Waals surface area (Å²) < 4.78 is 5.29. The number of carbonyl (C=O) groups excluding carboxylic acids is 2. The second-order valence-corrected chi connectivity index (χ2v) is 7.18.